The number of hydrogen-bond acceptors (Lipinski definition) is 5. The highest BCUT2D eigenvalue weighted by atomic mass is 16.4. The first-order valence-corrected chi connectivity index (χ1v) is 10.0. The molecule has 0 aromatic heterocycles. The molecule has 9 nitrogen and oxygen atoms in total. The van der Waals surface area contributed by atoms with Gasteiger partial charge in [0.15, 0.2) is 0 Å². The fourth-order valence-electron chi connectivity index (χ4n) is 3.40. The van der Waals surface area contributed by atoms with Crippen molar-refractivity contribution in [3.8, 4) is 0 Å². The Morgan fingerprint density at radius 1 is 1.14 bits per heavy atom. The van der Waals surface area contributed by atoms with Gasteiger partial charge in [-0.05, 0) is 24.7 Å². The van der Waals surface area contributed by atoms with Crippen molar-refractivity contribution >= 4 is 23.7 Å². The largest absolute Gasteiger partial charge is 0.480 e. The third-order valence-corrected chi connectivity index (χ3v) is 5.43. The molecule has 0 radical (unpaired) electrons. The molecule has 5 atom stereocenters. The second-order valence-corrected chi connectivity index (χ2v) is 8.16. The van der Waals surface area contributed by atoms with Crippen LogP contribution < -0.4 is 16.0 Å². The maximum atomic E-state index is 13.0. The average Bonchev–Trinajstić information content (AvgIpc) is 3.30. The average molecular weight is 396 g/mol. The summed E-state index contributed by atoms with van der Waals surface area (Å²) in [6.07, 6.45) is 1.70. The third kappa shape index (κ3) is 5.21. The van der Waals surface area contributed by atoms with E-state index in [-0.39, 0.29) is 17.7 Å². The minimum absolute atomic E-state index is 0.154. The summed E-state index contributed by atoms with van der Waals surface area (Å²) in [5.74, 6) is -1.87. The van der Waals surface area contributed by atoms with E-state index in [1.807, 2.05) is 27.7 Å². The van der Waals surface area contributed by atoms with Gasteiger partial charge in [0.05, 0.1) is 0 Å². The fraction of sp³-hybridized carbons (Fsp3) is 0.789. The Bertz CT molecular complexity index is 623. The number of rotatable bonds is 9. The van der Waals surface area contributed by atoms with Gasteiger partial charge < -0.3 is 20.6 Å². The van der Waals surface area contributed by atoms with Gasteiger partial charge in [0.25, 0.3) is 0 Å². The number of carboxylic acid groups (broad SMARTS) is 1. The molecule has 3 amide bonds. The number of carbonyl (C=O) groups excluding carboxylic acids is 3. The van der Waals surface area contributed by atoms with Crippen molar-refractivity contribution in [3.05, 3.63) is 0 Å². The van der Waals surface area contributed by atoms with Gasteiger partial charge in [0.2, 0.25) is 17.7 Å². The Kier molecular flexibility index (Phi) is 7.40. The van der Waals surface area contributed by atoms with Crippen molar-refractivity contribution in [2.75, 3.05) is 13.1 Å². The van der Waals surface area contributed by atoms with Crippen molar-refractivity contribution in [2.24, 2.45) is 11.8 Å². The van der Waals surface area contributed by atoms with E-state index in [2.05, 4.69) is 16.0 Å². The van der Waals surface area contributed by atoms with Crippen molar-refractivity contribution < 1.29 is 24.3 Å². The first-order chi connectivity index (χ1) is 13.2. The molecule has 9 heteroatoms. The minimum Gasteiger partial charge on any atom is -0.480 e. The number of amides is 3. The number of likely N-dealkylation sites (tertiary alicyclic amines) is 1. The molecule has 28 heavy (non-hydrogen) atoms. The van der Waals surface area contributed by atoms with Crippen molar-refractivity contribution in [3.63, 3.8) is 0 Å². The molecule has 2 aliphatic heterocycles. The highest BCUT2D eigenvalue weighted by Crippen LogP contribution is 2.22. The molecule has 0 bridgehead atoms. The number of carbonyl (C=O) groups is 4. The molecule has 2 heterocycles. The number of nitrogens with one attached hydrogen (secondary N) is 3. The number of aliphatic carboxylic acids is 1. The van der Waals surface area contributed by atoms with Gasteiger partial charge in [0, 0.05) is 13.1 Å². The molecule has 4 N–H and O–H groups in total. The summed E-state index contributed by atoms with van der Waals surface area (Å²) in [4.78, 5) is 50.4. The van der Waals surface area contributed by atoms with Crippen LogP contribution in [0.4, 0.5) is 0 Å². The molecule has 2 saturated heterocycles. The molecule has 0 unspecified atom stereocenters. The summed E-state index contributed by atoms with van der Waals surface area (Å²) < 4.78 is 0. The molecule has 2 aliphatic rings. The topological polar surface area (TPSA) is 138 Å². The quantitative estimate of drug-likeness (QED) is 0.395. The molecule has 0 aliphatic carbocycles. The zero-order valence-corrected chi connectivity index (χ0v) is 17.0. The maximum absolute atomic E-state index is 13.0. The second kappa shape index (κ2) is 9.36. The predicted octanol–water partition coefficient (Wildman–Crippen LogP) is -0.294. The van der Waals surface area contributed by atoms with Gasteiger partial charge in [0.1, 0.15) is 24.2 Å². The molecule has 0 aromatic carbocycles. The van der Waals surface area contributed by atoms with E-state index in [9.17, 15) is 24.3 Å². The monoisotopic (exact) mass is 396 g/mol. The summed E-state index contributed by atoms with van der Waals surface area (Å²) in [6, 6.07) is -2.91. The lowest BCUT2D eigenvalue weighted by Crippen LogP contribution is -2.55. The van der Waals surface area contributed by atoms with Gasteiger partial charge in [-0.25, -0.2) is 4.79 Å². The zero-order valence-electron chi connectivity index (χ0n) is 17.0. The number of carboxylic acids is 1. The van der Waals surface area contributed by atoms with E-state index < -0.39 is 36.0 Å². The van der Waals surface area contributed by atoms with Gasteiger partial charge in [-0.3, -0.25) is 19.7 Å². The lowest BCUT2D eigenvalue weighted by atomic mass is 9.97. The normalized spacial score (nSPS) is 25.9. The lowest BCUT2D eigenvalue weighted by Gasteiger charge is -2.30. The summed E-state index contributed by atoms with van der Waals surface area (Å²) in [5.41, 5.74) is 0. The van der Waals surface area contributed by atoms with E-state index >= 15 is 0 Å². The van der Waals surface area contributed by atoms with Gasteiger partial charge in [-0.15, -0.1) is 0 Å². The van der Waals surface area contributed by atoms with Crippen LogP contribution in [-0.2, 0) is 19.2 Å². The predicted molar refractivity (Wildman–Crippen MR) is 102 cm³/mol. The van der Waals surface area contributed by atoms with Crippen LogP contribution in [0.5, 0.6) is 0 Å². The van der Waals surface area contributed by atoms with Crippen molar-refractivity contribution in [1.82, 2.24) is 20.9 Å². The smallest absolute Gasteiger partial charge is 0.326 e. The highest BCUT2D eigenvalue weighted by molar-refractivity contribution is 5.99. The van der Waals surface area contributed by atoms with E-state index in [1.54, 1.807) is 0 Å². The summed E-state index contributed by atoms with van der Waals surface area (Å²) >= 11 is 0. The van der Waals surface area contributed by atoms with Gasteiger partial charge in [-0.1, -0.05) is 34.1 Å². The van der Waals surface area contributed by atoms with E-state index in [0.717, 1.165) is 0 Å². The first-order valence-electron chi connectivity index (χ1n) is 10.0. The van der Waals surface area contributed by atoms with E-state index in [0.29, 0.717) is 38.3 Å². The van der Waals surface area contributed by atoms with Crippen LogP contribution in [0.25, 0.3) is 0 Å². The van der Waals surface area contributed by atoms with E-state index in [1.165, 1.54) is 4.90 Å². The van der Waals surface area contributed by atoms with Gasteiger partial charge >= 0.3 is 5.97 Å². The third-order valence-electron chi connectivity index (χ3n) is 5.43. The van der Waals surface area contributed by atoms with Crippen molar-refractivity contribution in [2.45, 2.75) is 71.1 Å². The Hall–Kier alpha value is -2.16. The van der Waals surface area contributed by atoms with Crippen LogP contribution >= 0.6 is 0 Å². The molecular formula is C19H32N4O5. The van der Waals surface area contributed by atoms with Crippen molar-refractivity contribution in [1.29, 1.82) is 0 Å². The van der Waals surface area contributed by atoms with Crippen LogP contribution in [0.2, 0.25) is 0 Å². The Labute approximate surface area is 165 Å². The standard InChI is InChI=1S/C19H32N4O5/c1-5-11(4)13(18(26)23-8-6-7-12(23)19(27)28)22-17(25)15-14(21-15)16(24)20-9-10(2)3/h10-15,21H,5-9H2,1-4H3,(H,20,24)(H,22,25)(H,27,28)/t11-,12-,13-,14-,15-/m0/s1. The Morgan fingerprint density at radius 3 is 2.36 bits per heavy atom. The number of nitrogens with zero attached hydrogens (tertiary/aromatic N) is 1. The zero-order chi connectivity index (χ0) is 21.0. The highest BCUT2D eigenvalue weighted by Gasteiger charge is 2.49. The van der Waals surface area contributed by atoms with Gasteiger partial charge in [-0.2, -0.15) is 0 Å². The first kappa shape index (κ1) is 22.1. The lowest BCUT2D eigenvalue weighted by molar-refractivity contribution is -0.150. The molecule has 0 aromatic rings. The second-order valence-electron chi connectivity index (χ2n) is 8.16. The van der Waals surface area contributed by atoms with E-state index in [4.69, 9.17) is 0 Å². The van der Waals surface area contributed by atoms with Crippen LogP contribution in [0.15, 0.2) is 0 Å². The molecular weight excluding hydrogens is 364 g/mol. The summed E-state index contributed by atoms with van der Waals surface area (Å²) in [7, 11) is 0. The maximum Gasteiger partial charge on any atom is 0.326 e. The summed E-state index contributed by atoms with van der Waals surface area (Å²) in [6.45, 7) is 8.63. The van der Waals surface area contributed by atoms with Crippen LogP contribution in [0.3, 0.4) is 0 Å². The SMILES string of the molecule is CC[C@H](C)[C@H](NC(=O)[C@H]1N[C@@H]1C(=O)NCC(C)C)C(=O)N1CCC[C@H]1C(=O)O. The van der Waals surface area contributed by atoms with Crippen LogP contribution in [0, 0.1) is 11.8 Å². The molecule has 2 fully saturated rings. The Morgan fingerprint density at radius 2 is 1.79 bits per heavy atom. The molecule has 0 saturated carbocycles. The summed E-state index contributed by atoms with van der Waals surface area (Å²) in [5, 5.41) is 17.7. The number of hydrogen-bond donors (Lipinski definition) is 4. The molecule has 2 rings (SSSR count). The molecule has 158 valence electrons. The Balaban J connectivity index is 1.99. The minimum atomic E-state index is -1.02. The fourth-order valence-corrected chi connectivity index (χ4v) is 3.40. The van der Waals surface area contributed by atoms with Crippen LogP contribution in [0.1, 0.15) is 47.0 Å². The van der Waals surface area contributed by atoms with Crippen LogP contribution in [-0.4, -0.2) is 71.0 Å². The molecule has 0 spiro atoms.